The lowest BCUT2D eigenvalue weighted by molar-refractivity contribution is 0.141. The molecule has 3 nitrogen and oxygen atoms in total. The molecule has 3 heteroatoms. The highest BCUT2D eigenvalue weighted by atomic mass is 16.5. The standard InChI is InChI=1S/C22H33NO2/c1-4-6-15-23(16-7-5-2)17-14-21(24)19-12-13-22(25-3)20-11-9-8-10-18(19)20/h8-13,21,24H,4-7,14-17H2,1-3H3. The maximum absolute atomic E-state index is 10.8. The van der Waals surface area contributed by atoms with Gasteiger partial charge in [0.2, 0.25) is 0 Å². The van der Waals surface area contributed by atoms with Crippen LogP contribution in [0, 0.1) is 0 Å². The van der Waals surface area contributed by atoms with Crippen LogP contribution in [0.1, 0.15) is 57.6 Å². The smallest absolute Gasteiger partial charge is 0.126 e. The van der Waals surface area contributed by atoms with Crippen molar-refractivity contribution in [3.05, 3.63) is 42.0 Å². The van der Waals surface area contributed by atoms with Crippen LogP contribution in [-0.2, 0) is 0 Å². The molecule has 0 spiro atoms. The maximum Gasteiger partial charge on any atom is 0.126 e. The summed E-state index contributed by atoms with van der Waals surface area (Å²) in [7, 11) is 1.69. The van der Waals surface area contributed by atoms with Crippen LogP contribution in [0.3, 0.4) is 0 Å². The predicted molar refractivity (Wildman–Crippen MR) is 106 cm³/mol. The van der Waals surface area contributed by atoms with Gasteiger partial charge in [0.15, 0.2) is 0 Å². The molecule has 0 saturated heterocycles. The molecule has 0 saturated carbocycles. The molecule has 0 radical (unpaired) electrons. The Hall–Kier alpha value is -1.58. The molecule has 1 atom stereocenters. The number of nitrogens with zero attached hydrogens (tertiary/aromatic N) is 1. The fourth-order valence-corrected chi connectivity index (χ4v) is 3.32. The summed E-state index contributed by atoms with van der Waals surface area (Å²) < 4.78 is 5.46. The number of aliphatic hydroxyl groups is 1. The lowest BCUT2D eigenvalue weighted by Gasteiger charge is -2.24. The first-order valence-corrected chi connectivity index (χ1v) is 9.67. The van der Waals surface area contributed by atoms with Crippen LogP contribution in [-0.4, -0.2) is 36.8 Å². The summed E-state index contributed by atoms with van der Waals surface area (Å²) in [5.74, 6) is 0.860. The Balaban J connectivity index is 2.09. The summed E-state index contributed by atoms with van der Waals surface area (Å²) in [5.41, 5.74) is 1.00. The van der Waals surface area contributed by atoms with E-state index < -0.39 is 6.10 Å². The SMILES string of the molecule is CCCCN(CCCC)CCC(O)c1ccc(OC)c2ccccc12. The largest absolute Gasteiger partial charge is 0.496 e. The van der Waals surface area contributed by atoms with Crippen molar-refractivity contribution >= 4 is 10.8 Å². The second kappa shape index (κ2) is 10.4. The van der Waals surface area contributed by atoms with E-state index in [-0.39, 0.29) is 0 Å². The van der Waals surface area contributed by atoms with Gasteiger partial charge in [-0.05, 0) is 49.4 Å². The van der Waals surface area contributed by atoms with Crippen molar-refractivity contribution in [3.63, 3.8) is 0 Å². The van der Waals surface area contributed by atoms with Crippen LogP contribution in [0.2, 0.25) is 0 Å². The van der Waals surface area contributed by atoms with Crippen LogP contribution in [0.5, 0.6) is 5.75 Å². The van der Waals surface area contributed by atoms with Crippen LogP contribution in [0.4, 0.5) is 0 Å². The fourth-order valence-electron chi connectivity index (χ4n) is 3.32. The van der Waals surface area contributed by atoms with Gasteiger partial charge in [0.1, 0.15) is 5.75 Å². The Bertz CT molecular complexity index is 633. The molecule has 0 heterocycles. The lowest BCUT2D eigenvalue weighted by Crippen LogP contribution is -2.28. The molecule has 0 bridgehead atoms. The van der Waals surface area contributed by atoms with Gasteiger partial charge in [-0.15, -0.1) is 0 Å². The van der Waals surface area contributed by atoms with Gasteiger partial charge in [-0.1, -0.05) is 57.0 Å². The Morgan fingerprint density at radius 1 is 0.920 bits per heavy atom. The zero-order valence-electron chi connectivity index (χ0n) is 16.0. The predicted octanol–water partition coefficient (Wildman–Crippen LogP) is 5.17. The van der Waals surface area contributed by atoms with Crippen molar-refractivity contribution in [1.29, 1.82) is 0 Å². The minimum Gasteiger partial charge on any atom is -0.496 e. The fraction of sp³-hybridized carbons (Fsp3) is 0.545. The van der Waals surface area contributed by atoms with E-state index >= 15 is 0 Å². The monoisotopic (exact) mass is 343 g/mol. The third-order valence-electron chi connectivity index (χ3n) is 4.87. The zero-order chi connectivity index (χ0) is 18.1. The molecule has 0 aliphatic rings. The van der Waals surface area contributed by atoms with Gasteiger partial charge in [-0.2, -0.15) is 0 Å². The molecule has 138 valence electrons. The van der Waals surface area contributed by atoms with Gasteiger partial charge in [0.05, 0.1) is 13.2 Å². The summed E-state index contributed by atoms with van der Waals surface area (Å²) in [6, 6.07) is 12.1. The van der Waals surface area contributed by atoms with Crippen LogP contribution < -0.4 is 4.74 Å². The quantitative estimate of drug-likeness (QED) is 0.610. The van der Waals surface area contributed by atoms with Gasteiger partial charge in [-0.3, -0.25) is 0 Å². The number of ether oxygens (including phenoxy) is 1. The Morgan fingerprint density at radius 2 is 1.56 bits per heavy atom. The Labute approximate surface area is 152 Å². The highest BCUT2D eigenvalue weighted by Gasteiger charge is 2.15. The molecule has 0 amide bonds. The molecule has 25 heavy (non-hydrogen) atoms. The van der Waals surface area contributed by atoms with E-state index in [0.717, 1.165) is 48.1 Å². The Morgan fingerprint density at radius 3 is 2.16 bits per heavy atom. The molecule has 2 rings (SSSR count). The molecule has 1 N–H and O–H groups in total. The summed E-state index contributed by atoms with van der Waals surface area (Å²) in [6.07, 6.45) is 5.21. The summed E-state index contributed by atoms with van der Waals surface area (Å²) in [5, 5.41) is 13.0. The Kier molecular flexibility index (Phi) is 8.23. The summed E-state index contributed by atoms with van der Waals surface area (Å²) >= 11 is 0. The maximum atomic E-state index is 10.8. The number of methoxy groups -OCH3 is 1. The first-order chi connectivity index (χ1) is 12.2. The first kappa shape index (κ1) is 19.7. The van der Waals surface area contributed by atoms with Gasteiger partial charge in [-0.25, -0.2) is 0 Å². The number of unbranched alkanes of at least 4 members (excludes halogenated alkanes) is 2. The van der Waals surface area contributed by atoms with Gasteiger partial charge in [0, 0.05) is 11.9 Å². The van der Waals surface area contributed by atoms with Crippen molar-refractivity contribution in [3.8, 4) is 5.75 Å². The van der Waals surface area contributed by atoms with Crippen LogP contribution >= 0.6 is 0 Å². The van der Waals surface area contributed by atoms with E-state index in [2.05, 4.69) is 30.9 Å². The van der Waals surface area contributed by atoms with E-state index in [9.17, 15) is 5.11 Å². The number of hydrogen-bond donors (Lipinski definition) is 1. The summed E-state index contributed by atoms with van der Waals surface area (Å²) in [4.78, 5) is 2.50. The van der Waals surface area contributed by atoms with Crippen LogP contribution in [0.15, 0.2) is 36.4 Å². The molecule has 0 fully saturated rings. The third-order valence-corrected chi connectivity index (χ3v) is 4.87. The van der Waals surface area contributed by atoms with Crippen LogP contribution in [0.25, 0.3) is 10.8 Å². The number of fused-ring (bicyclic) bond motifs is 1. The average Bonchev–Trinajstić information content (AvgIpc) is 2.66. The first-order valence-electron chi connectivity index (χ1n) is 9.67. The third kappa shape index (κ3) is 5.45. The lowest BCUT2D eigenvalue weighted by atomic mass is 9.98. The van der Waals surface area contributed by atoms with E-state index in [4.69, 9.17) is 4.74 Å². The number of rotatable bonds is 11. The van der Waals surface area contributed by atoms with Crippen molar-refractivity contribution in [2.45, 2.75) is 52.1 Å². The highest BCUT2D eigenvalue weighted by Crippen LogP contribution is 2.32. The molecular formula is C22H33NO2. The molecule has 0 aromatic heterocycles. The molecule has 2 aromatic rings. The molecular weight excluding hydrogens is 310 g/mol. The van der Waals surface area contributed by atoms with Crippen molar-refractivity contribution in [2.75, 3.05) is 26.7 Å². The van der Waals surface area contributed by atoms with Gasteiger partial charge >= 0.3 is 0 Å². The zero-order valence-corrected chi connectivity index (χ0v) is 16.0. The molecule has 0 aliphatic carbocycles. The second-order valence-electron chi connectivity index (χ2n) is 6.76. The van der Waals surface area contributed by atoms with Crippen molar-refractivity contribution in [2.24, 2.45) is 0 Å². The minimum atomic E-state index is -0.443. The normalized spacial score (nSPS) is 12.7. The summed E-state index contributed by atoms with van der Waals surface area (Å²) in [6.45, 7) is 7.67. The highest BCUT2D eigenvalue weighted by molar-refractivity contribution is 5.91. The van der Waals surface area contributed by atoms with Gasteiger partial charge < -0.3 is 14.7 Å². The average molecular weight is 344 g/mol. The minimum absolute atomic E-state index is 0.443. The topological polar surface area (TPSA) is 32.7 Å². The van der Waals surface area contributed by atoms with E-state index in [1.807, 2.05) is 24.3 Å². The van der Waals surface area contributed by atoms with Gasteiger partial charge in [0.25, 0.3) is 0 Å². The van der Waals surface area contributed by atoms with E-state index in [0.29, 0.717) is 0 Å². The number of aliphatic hydroxyl groups excluding tert-OH is 1. The molecule has 0 aliphatic heterocycles. The second-order valence-corrected chi connectivity index (χ2v) is 6.76. The van der Waals surface area contributed by atoms with Crippen molar-refractivity contribution in [1.82, 2.24) is 4.90 Å². The van der Waals surface area contributed by atoms with Crippen molar-refractivity contribution < 1.29 is 9.84 Å². The molecule has 2 aromatic carbocycles. The number of benzene rings is 2. The molecule has 1 unspecified atom stereocenters. The number of hydrogen-bond acceptors (Lipinski definition) is 3. The van der Waals surface area contributed by atoms with E-state index in [1.54, 1.807) is 7.11 Å². The van der Waals surface area contributed by atoms with E-state index in [1.165, 1.54) is 25.7 Å².